The number of phenolic OH excluding ortho intramolecular Hbond substituents is 2. The van der Waals surface area contributed by atoms with Gasteiger partial charge in [-0.25, -0.2) is 4.79 Å². The van der Waals surface area contributed by atoms with Gasteiger partial charge in [-0.2, -0.15) is 11.8 Å². The summed E-state index contributed by atoms with van der Waals surface area (Å²) in [7, 11) is 1.27. The Morgan fingerprint density at radius 1 is 1.06 bits per heavy atom. The molecule has 0 saturated carbocycles. The number of hydrogen-bond acceptors (Lipinski definition) is 10. The molecule has 4 rings (SSSR count). The molecule has 2 aromatic rings. The van der Waals surface area contributed by atoms with Crippen molar-refractivity contribution in [3.05, 3.63) is 82.0 Å². The number of allylic oxidation sites excluding steroid dienone is 4. The molecule has 2 aliphatic rings. The lowest BCUT2D eigenvalue weighted by atomic mass is 9.89. The third-order valence-corrected chi connectivity index (χ3v) is 13.2. The molecule has 1 aliphatic heterocycles. The molecule has 8 nitrogen and oxygen atoms in total. The van der Waals surface area contributed by atoms with E-state index in [4.69, 9.17) is 4.74 Å². The number of carbonyl (C=O) groups is 4. The maximum absolute atomic E-state index is 13.0. The number of rotatable bonds is 15. The Morgan fingerprint density at radius 2 is 1.76 bits per heavy atom. The number of ketones is 2. The highest BCUT2D eigenvalue weighted by atomic mass is 32.2. The molecule has 1 saturated heterocycles. The Labute approximate surface area is 302 Å². The van der Waals surface area contributed by atoms with Crippen LogP contribution in [-0.2, 0) is 14.3 Å². The highest BCUT2D eigenvalue weighted by molar-refractivity contribution is 8.17. The standard InChI is InChI=1S/C38H47NO7S3/c1-22(2)10-17-32(27-20-31(42)34-29(40)15-16-30(41)35(34)36(27)44)48-21-28(37(45)46-5)39-33(43)9-7-6-8-26-18-19-47-38(49-26)25-13-11-24(12-14-25)23(3)4/h10-16,20,23,26,28,32,38,42,44H,6-9,17-19,21H2,1-5H3,(H,39,43)/t26-,28+,32-,38?/m1/s1. The summed E-state index contributed by atoms with van der Waals surface area (Å²) in [6, 6.07) is 9.34. The van der Waals surface area contributed by atoms with Crippen molar-refractivity contribution in [2.75, 3.05) is 18.6 Å². The Balaban J connectivity index is 1.33. The zero-order chi connectivity index (χ0) is 35.7. The average Bonchev–Trinajstić information content (AvgIpc) is 3.08. The van der Waals surface area contributed by atoms with Crippen LogP contribution in [0.1, 0.15) is 119 Å². The van der Waals surface area contributed by atoms with E-state index in [2.05, 4.69) is 43.4 Å². The van der Waals surface area contributed by atoms with Gasteiger partial charge in [-0.15, -0.1) is 23.5 Å². The van der Waals surface area contributed by atoms with Crippen molar-refractivity contribution in [1.82, 2.24) is 5.32 Å². The SMILES string of the molecule is COC(=O)[C@H](CS[C@H](CC=C(C)C)c1cc(O)c2c(c1O)C(=O)C=CC2=O)NC(=O)CCCC[C@@H]1CCSC(c2ccc(C(C)C)cc2)S1. The minimum Gasteiger partial charge on any atom is -0.507 e. The fourth-order valence-corrected chi connectivity index (χ4v) is 10.5. The maximum atomic E-state index is 13.0. The summed E-state index contributed by atoms with van der Waals surface area (Å²) in [5.74, 6) is -0.982. The molecule has 1 amide bonds. The van der Waals surface area contributed by atoms with E-state index >= 15 is 0 Å². The van der Waals surface area contributed by atoms with Crippen LogP contribution < -0.4 is 5.32 Å². The number of ether oxygens (including phenoxy) is 1. The second-order valence-corrected chi connectivity index (χ2v) is 17.1. The number of nitrogens with one attached hydrogen (secondary N) is 1. The first kappa shape index (κ1) is 38.6. The van der Waals surface area contributed by atoms with Crippen molar-refractivity contribution in [2.24, 2.45) is 0 Å². The molecule has 0 bridgehead atoms. The van der Waals surface area contributed by atoms with Gasteiger partial charge in [0, 0.05) is 28.2 Å². The van der Waals surface area contributed by atoms with Crippen LogP contribution in [0.25, 0.3) is 0 Å². The third-order valence-electron chi connectivity index (χ3n) is 8.64. The second kappa shape index (κ2) is 18.2. The number of unbranched alkanes of at least 4 members (excludes halogenated alkanes) is 1. The van der Waals surface area contributed by atoms with Crippen molar-refractivity contribution in [3.63, 3.8) is 0 Å². The van der Waals surface area contributed by atoms with E-state index in [9.17, 15) is 29.4 Å². The highest BCUT2D eigenvalue weighted by Crippen LogP contribution is 2.49. The summed E-state index contributed by atoms with van der Waals surface area (Å²) in [6.45, 7) is 8.26. The van der Waals surface area contributed by atoms with E-state index in [1.807, 2.05) is 43.4 Å². The van der Waals surface area contributed by atoms with E-state index in [0.29, 0.717) is 28.6 Å². The van der Waals surface area contributed by atoms with Crippen LogP contribution in [0.2, 0.25) is 0 Å². The van der Waals surface area contributed by atoms with Gasteiger partial charge in [-0.1, -0.05) is 56.2 Å². The Hall–Kier alpha value is -3.15. The number of phenols is 2. The van der Waals surface area contributed by atoms with Gasteiger partial charge >= 0.3 is 5.97 Å². The largest absolute Gasteiger partial charge is 0.507 e. The molecule has 1 heterocycles. The molecule has 4 atom stereocenters. The lowest BCUT2D eigenvalue weighted by Crippen LogP contribution is -2.43. The van der Waals surface area contributed by atoms with Crippen LogP contribution in [0.3, 0.4) is 0 Å². The van der Waals surface area contributed by atoms with E-state index in [-0.39, 0.29) is 40.5 Å². The normalized spacial score (nSPS) is 18.5. The number of amides is 1. The molecule has 3 N–H and O–H groups in total. The first-order valence-electron chi connectivity index (χ1n) is 16.7. The molecule has 1 fully saturated rings. The van der Waals surface area contributed by atoms with Gasteiger partial charge in [0.1, 0.15) is 17.5 Å². The summed E-state index contributed by atoms with van der Waals surface area (Å²) in [4.78, 5) is 50.7. The summed E-state index contributed by atoms with van der Waals surface area (Å²) in [6.07, 6.45) is 8.57. The Kier molecular flexibility index (Phi) is 14.3. The van der Waals surface area contributed by atoms with Gasteiger partial charge in [0.05, 0.1) is 22.8 Å². The quantitative estimate of drug-likeness (QED) is 0.0712. The molecular weight excluding hydrogens is 679 g/mol. The summed E-state index contributed by atoms with van der Waals surface area (Å²) < 4.78 is 5.42. The van der Waals surface area contributed by atoms with Gasteiger partial charge in [0.2, 0.25) is 5.91 Å². The van der Waals surface area contributed by atoms with E-state index in [1.165, 1.54) is 36.1 Å². The molecule has 49 heavy (non-hydrogen) atoms. The Bertz CT molecular complexity index is 1580. The highest BCUT2D eigenvalue weighted by Gasteiger charge is 2.32. The molecule has 264 valence electrons. The van der Waals surface area contributed by atoms with E-state index in [0.717, 1.165) is 42.7 Å². The smallest absolute Gasteiger partial charge is 0.329 e. The van der Waals surface area contributed by atoms with Gasteiger partial charge in [0.25, 0.3) is 0 Å². The fourth-order valence-electron chi connectivity index (χ4n) is 5.82. The molecular formula is C38H47NO7S3. The van der Waals surface area contributed by atoms with Crippen LogP contribution in [-0.4, -0.2) is 63.6 Å². The monoisotopic (exact) mass is 725 g/mol. The predicted molar refractivity (Wildman–Crippen MR) is 201 cm³/mol. The van der Waals surface area contributed by atoms with Crippen LogP contribution in [0.15, 0.2) is 54.1 Å². The number of benzene rings is 2. The molecule has 0 radical (unpaired) electrons. The number of esters is 1. The summed E-state index contributed by atoms with van der Waals surface area (Å²) >= 11 is 5.30. The third kappa shape index (κ3) is 10.4. The number of hydrogen-bond donors (Lipinski definition) is 3. The first-order chi connectivity index (χ1) is 23.4. The summed E-state index contributed by atoms with van der Waals surface area (Å²) in [5.41, 5.74) is 3.53. The van der Waals surface area contributed by atoms with Gasteiger partial charge in [0.15, 0.2) is 11.6 Å². The minimum atomic E-state index is -0.940. The Morgan fingerprint density at radius 3 is 2.41 bits per heavy atom. The predicted octanol–water partition coefficient (Wildman–Crippen LogP) is 8.44. The number of thioether (sulfide) groups is 3. The number of fused-ring (bicyclic) bond motifs is 1. The van der Waals surface area contributed by atoms with E-state index < -0.39 is 34.6 Å². The van der Waals surface area contributed by atoms with Gasteiger partial charge in [-0.05, 0) is 80.5 Å². The topological polar surface area (TPSA) is 130 Å². The number of carbonyl (C=O) groups excluding carboxylic acids is 4. The molecule has 0 spiro atoms. The summed E-state index contributed by atoms with van der Waals surface area (Å²) in [5, 5.41) is 24.7. The molecule has 0 aromatic heterocycles. The van der Waals surface area contributed by atoms with Gasteiger partial charge in [-0.3, -0.25) is 14.4 Å². The fraction of sp³-hybridized carbons (Fsp3) is 0.474. The van der Waals surface area contributed by atoms with Crippen molar-refractivity contribution < 1.29 is 34.1 Å². The lowest BCUT2D eigenvalue weighted by molar-refractivity contribution is -0.144. The van der Waals surface area contributed by atoms with Crippen LogP contribution in [0.5, 0.6) is 11.5 Å². The lowest BCUT2D eigenvalue weighted by Gasteiger charge is -2.29. The van der Waals surface area contributed by atoms with Crippen LogP contribution in [0.4, 0.5) is 0 Å². The molecule has 1 unspecified atom stereocenters. The zero-order valence-electron chi connectivity index (χ0n) is 28.8. The van der Waals surface area contributed by atoms with Crippen LogP contribution in [0, 0.1) is 0 Å². The average molecular weight is 726 g/mol. The zero-order valence-corrected chi connectivity index (χ0v) is 31.3. The van der Waals surface area contributed by atoms with Crippen molar-refractivity contribution in [2.45, 2.75) is 93.3 Å². The second-order valence-electron chi connectivity index (χ2n) is 12.9. The maximum Gasteiger partial charge on any atom is 0.329 e. The van der Waals surface area contributed by atoms with Gasteiger partial charge < -0.3 is 20.3 Å². The molecule has 1 aliphatic carbocycles. The van der Waals surface area contributed by atoms with Crippen molar-refractivity contribution in [3.8, 4) is 11.5 Å². The number of aromatic hydroxyl groups is 2. The van der Waals surface area contributed by atoms with E-state index in [1.54, 1.807) is 0 Å². The number of methoxy groups -OCH3 is 1. The van der Waals surface area contributed by atoms with Crippen molar-refractivity contribution in [1.29, 1.82) is 0 Å². The minimum absolute atomic E-state index is 0.125. The molecule has 2 aromatic carbocycles. The van der Waals surface area contributed by atoms with Crippen molar-refractivity contribution >= 4 is 58.7 Å². The molecule has 11 heteroatoms. The van der Waals surface area contributed by atoms with Crippen LogP contribution >= 0.6 is 35.3 Å². The first-order valence-corrected chi connectivity index (χ1v) is 19.8.